The highest BCUT2D eigenvalue weighted by atomic mass is 79.9. The molecule has 0 aliphatic rings. The van der Waals surface area contributed by atoms with Crippen LogP contribution in [0.15, 0.2) is 53.0 Å². The summed E-state index contributed by atoms with van der Waals surface area (Å²) in [6, 6.07) is 15.4. The van der Waals surface area contributed by atoms with E-state index in [4.69, 9.17) is 0 Å². The lowest BCUT2D eigenvalue weighted by Crippen LogP contribution is -2.04. The summed E-state index contributed by atoms with van der Waals surface area (Å²) in [5.41, 5.74) is 4.37. The van der Waals surface area contributed by atoms with Crippen LogP contribution in [0.2, 0.25) is 0 Å². The fraction of sp³-hybridized carbons (Fsp3) is 0.143. The highest BCUT2D eigenvalue weighted by molar-refractivity contribution is 9.10. The molecule has 2 heterocycles. The number of hydrogen-bond acceptors (Lipinski definition) is 5. The van der Waals surface area contributed by atoms with Gasteiger partial charge in [-0.25, -0.2) is 9.67 Å². The number of nitrogens with one attached hydrogen (secondary N) is 1. The molecule has 0 fully saturated rings. The third-order valence-corrected chi connectivity index (χ3v) is 5.32. The number of pyridine rings is 1. The number of nitrogens with zero attached hydrogens (tertiary/aromatic N) is 4. The minimum atomic E-state index is -0.385. The van der Waals surface area contributed by atoms with Crippen molar-refractivity contribution in [2.45, 2.75) is 13.8 Å². The van der Waals surface area contributed by atoms with Crippen LogP contribution < -0.4 is 5.32 Å². The first-order valence-corrected chi connectivity index (χ1v) is 9.78. The number of nitro groups is 1. The second-order valence-electron chi connectivity index (χ2n) is 6.73. The highest BCUT2D eigenvalue weighted by Gasteiger charge is 2.29. The molecule has 2 aromatic heterocycles. The van der Waals surface area contributed by atoms with Gasteiger partial charge in [-0.3, -0.25) is 10.1 Å². The van der Waals surface area contributed by atoms with Crippen molar-refractivity contribution >= 4 is 38.5 Å². The topological polar surface area (TPSA) is 85.9 Å². The molecule has 146 valence electrons. The van der Waals surface area contributed by atoms with Crippen LogP contribution >= 0.6 is 15.9 Å². The summed E-state index contributed by atoms with van der Waals surface area (Å²) < 4.78 is 2.67. The van der Waals surface area contributed by atoms with E-state index < -0.39 is 0 Å². The first-order valence-electron chi connectivity index (χ1n) is 8.99. The zero-order chi connectivity index (χ0) is 20.7. The zero-order valence-corrected chi connectivity index (χ0v) is 17.7. The van der Waals surface area contributed by atoms with Crippen molar-refractivity contribution in [3.05, 3.63) is 74.4 Å². The predicted octanol–water partition coefficient (Wildman–Crippen LogP) is 5.42. The van der Waals surface area contributed by atoms with E-state index in [0.29, 0.717) is 22.3 Å². The third-order valence-electron chi connectivity index (χ3n) is 4.80. The van der Waals surface area contributed by atoms with Crippen LogP contribution in [0.4, 0.5) is 11.5 Å². The van der Waals surface area contributed by atoms with Crippen molar-refractivity contribution in [2.75, 3.05) is 12.4 Å². The number of rotatable bonds is 4. The predicted molar refractivity (Wildman–Crippen MR) is 118 cm³/mol. The molecule has 4 aromatic rings. The lowest BCUT2D eigenvalue weighted by Gasteiger charge is -2.11. The Morgan fingerprint density at radius 2 is 1.72 bits per heavy atom. The molecular weight excluding hydrogens is 434 g/mol. The maximum Gasteiger partial charge on any atom is 0.319 e. The second-order valence-corrected chi connectivity index (χ2v) is 7.65. The Hall–Kier alpha value is -3.26. The minimum absolute atomic E-state index is 0.0534. The summed E-state index contributed by atoms with van der Waals surface area (Å²) in [7, 11) is 1.63. The highest BCUT2D eigenvalue weighted by Crippen LogP contribution is 2.42. The molecule has 0 atom stereocenters. The monoisotopic (exact) mass is 451 g/mol. The fourth-order valence-electron chi connectivity index (χ4n) is 3.42. The Labute approximate surface area is 175 Å². The van der Waals surface area contributed by atoms with Crippen LogP contribution in [0.5, 0.6) is 0 Å². The molecule has 0 amide bonds. The lowest BCUT2D eigenvalue weighted by molar-refractivity contribution is -0.383. The normalized spacial score (nSPS) is 11.0. The molecule has 29 heavy (non-hydrogen) atoms. The Morgan fingerprint density at radius 3 is 2.31 bits per heavy atom. The van der Waals surface area contributed by atoms with Gasteiger partial charge >= 0.3 is 5.69 Å². The largest absolute Gasteiger partial charge is 0.367 e. The van der Waals surface area contributed by atoms with E-state index in [2.05, 4.69) is 31.3 Å². The van der Waals surface area contributed by atoms with Crippen LogP contribution in [-0.2, 0) is 0 Å². The van der Waals surface area contributed by atoms with Gasteiger partial charge in [-0.1, -0.05) is 45.8 Å². The van der Waals surface area contributed by atoms with E-state index in [9.17, 15) is 10.1 Å². The van der Waals surface area contributed by atoms with E-state index in [-0.39, 0.29) is 16.4 Å². The molecule has 2 aromatic carbocycles. The van der Waals surface area contributed by atoms with E-state index in [1.807, 2.05) is 62.4 Å². The van der Waals surface area contributed by atoms with Gasteiger partial charge < -0.3 is 5.32 Å². The van der Waals surface area contributed by atoms with Gasteiger partial charge in [0.15, 0.2) is 5.65 Å². The summed E-state index contributed by atoms with van der Waals surface area (Å²) in [5.74, 6) is 0.205. The molecule has 0 saturated heterocycles. The first kappa shape index (κ1) is 19.1. The molecule has 0 radical (unpaired) electrons. The maximum absolute atomic E-state index is 12.0. The van der Waals surface area contributed by atoms with Gasteiger partial charge in [0.05, 0.1) is 27.3 Å². The number of halogens is 1. The van der Waals surface area contributed by atoms with E-state index in [0.717, 1.165) is 21.3 Å². The smallest absolute Gasteiger partial charge is 0.319 e. The summed E-state index contributed by atoms with van der Waals surface area (Å²) in [6.07, 6.45) is 0. The Kier molecular flexibility index (Phi) is 4.79. The Balaban J connectivity index is 2.13. The molecule has 0 saturated carbocycles. The average molecular weight is 452 g/mol. The van der Waals surface area contributed by atoms with Crippen molar-refractivity contribution < 1.29 is 4.92 Å². The van der Waals surface area contributed by atoms with Crippen LogP contribution in [-0.4, -0.2) is 26.7 Å². The average Bonchev–Trinajstić information content (AvgIpc) is 3.04. The summed E-state index contributed by atoms with van der Waals surface area (Å²) in [6.45, 7) is 3.83. The van der Waals surface area contributed by atoms with Crippen molar-refractivity contribution in [1.82, 2.24) is 14.8 Å². The van der Waals surface area contributed by atoms with Gasteiger partial charge in [-0.2, -0.15) is 5.10 Å². The van der Waals surface area contributed by atoms with E-state index in [1.54, 1.807) is 11.7 Å². The Bertz CT molecular complexity index is 1230. The molecule has 0 aliphatic heterocycles. The fourth-order valence-corrected chi connectivity index (χ4v) is 3.69. The van der Waals surface area contributed by atoms with Gasteiger partial charge in [-0.05, 0) is 43.7 Å². The molecule has 8 heteroatoms. The first-order chi connectivity index (χ1) is 13.9. The van der Waals surface area contributed by atoms with Gasteiger partial charge in [0.2, 0.25) is 5.82 Å². The number of anilines is 1. The van der Waals surface area contributed by atoms with Crippen LogP contribution in [0, 0.1) is 24.0 Å². The molecule has 0 aliphatic carbocycles. The summed E-state index contributed by atoms with van der Waals surface area (Å²) in [4.78, 5) is 16.2. The van der Waals surface area contributed by atoms with Crippen LogP contribution in [0.25, 0.3) is 27.8 Å². The van der Waals surface area contributed by atoms with Gasteiger partial charge in [0, 0.05) is 11.5 Å². The van der Waals surface area contributed by atoms with Crippen molar-refractivity contribution in [1.29, 1.82) is 0 Å². The Morgan fingerprint density at radius 1 is 1.07 bits per heavy atom. The molecule has 7 nitrogen and oxygen atoms in total. The standard InChI is InChI=1S/C21H18BrN5O2/c1-12-4-6-14(7-5-12)18-17-13(2)25-26(16-10-8-15(22)9-11-16)21(17)24-20(23-3)19(18)27(28)29/h4-11H,1-3H3,(H,23,24). The molecule has 0 spiro atoms. The van der Waals surface area contributed by atoms with Crippen molar-refractivity contribution in [2.24, 2.45) is 0 Å². The van der Waals surface area contributed by atoms with Crippen molar-refractivity contribution in [3.63, 3.8) is 0 Å². The number of hydrogen-bond donors (Lipinski definition) is 1. The number of aromatic nitrogens is 3. The molecule has 0 bridgehead atoms. The van der Waals surface area contributed by atoms with Gasteiger partial charge in [0.25, 0.3) is 0 Å². The zero-order valence-electron chi connectivity index (χ0n) is 16.1. The number of benzene rings is 2. The SMILES string of the molecule is CNc1nc2c(c(C)nn2-c2ccc(Br)cc2)c(-c2ccc(C)cc2)c1[N+](=O)[O-]. The van der Waals surface area contributed by atoms with E-state index in [1.165, 1.54) is 0 Å². The summed E-state index contributed by atoms with van der Waals surface area (Å²) in [5, 5.41) is 20.2. The van der Waals surface area contributed by atoms with Crippen LogP contribution in [0.1, 0.15) is 11.3 Å². The molecule has 4 rings (SSSR count). The maximum atomic E-state index is 12.0. The quantitative estimate of drug-likeness (QED) is 0.330. The number of aryl methyl sites for hydroxylation is 2. The molecule has 0 unspecified atom stereocenters. The number of fused-ring (bicyclic) bond motifs is 1. The molecule has 1 N–H and O–H groups in total. The van der Waals surface area contributed by atoms with E-state index >= 15 is 0 Å². The third kappa shape index (κ3) is 3.25. The molecular formula is C21H18BrN5O2. The van der Waals surface area contributed by atoms with Gasteiger partial charge in [0.1, 0.15) is 0 Å². The van der Waals surface area contributed by atoms with Gasteiger partial charge in [-0.15, -0.1) is 0 Å². The van der Waals surface area contributed by atoms with Crippen molar-refractivity contribution in [3.8, 4) is 16.8 Å². The minimum Gasteiger partial charge on any atom is -0.367 e. The van der Waals surface area contributed by atoms with Crippen LogP contribution in [0.3, 0.4) is 0 Å². The second kappa shape index (κ2) is 7.29. The summed E-state index contributed by atoms with van der Waals surface area (Å²) >= 11 is 3.44. The lowest BCUT2D eigenvalue weighted by atomic mass is 9.99.